The third kappa shape index (κ3) is 6.07. The fourth-order valence-corrected chi connectivity index (χ4v) is 3.79. The average Bonchev–Trinajstić information content (AvgIpc) is 2.80. The minimum atomic E-state index is -3.82. The maximum Gasteiger partial charge on any atom is 0.410 e. The summed E-state index contributed by atoms with van der Waals surface area (Å²) in [5.74, 6) is 0.782. The number of ether oxygens (including phenoxy) is 1. The number of rotatable bonds is 5. The molecule has 3 N–H and O–H groups in total. The number of amides is 1. The molecule has 1 saturated heterocycles. The van der Waals surface area contributed by atoms with Crippen LogP contribution in [0.4, 0.5) is 10.6 Å². The molecule has 2 heterocycles. The standard InChI is InChI=1S/C18H30N4O4S/c1-17(2,3)26-16(23)22-12-13(11-18(22,4)5)9-10-20-14-7-6-8-15(21-14)27(19,24)25/h6-8,13H,9-12H2,1-5H3,(H,20,21)(H2,19,24,25). The number of pyridine rings is 1. The van der Waals surface area contributed by atoms with E-state index < -0.39 is 15.6 Å². The Hall–Kier alpha value is -1.87. The molecule has 1 aromatic heterocycles. The van der Waals surface area contributed by atoms with Gasteiger partial charge in [0.2, 0.25) is 0 Å². The van der Waals surface area contributed by atoms with Gasteiger partial charge in [-0.3, -0.25) is 0 Å². The van der Waals surface area contributed by atoms with Crippen molar-refractivity contribution in [1.29, 1.82) is 0 Å². The number of nitrogens with two attached hydrogens (primary N) is 1. The molecule has 1 fully saturated rings. The minimum Gasteiger partial charge on any atom is -0.444 e. The van der Waals surface area contributed by atoms with Crippen LogP contribution in [0.3, 0.4) is 0 Å². The van der Waals surface area contributed by atoms with Crippen LogP contribution in [0, 0.1) is 5.92 Å². The van der Waals surface area contributed by atoms with E-state index in [1.54, 1.807) is 17.0 Å². The van der Waals surface area contributed by atoms with Crippen molar-refractivity contribution in [3.05, 3.63) is 18.2 Å². The van der Waals surface area contributed by atoms with Gasteiger partial charge in [0.15, 0.2) is 5.03 Å². The van der Waals surface area contributed by atoms with Gasteiger partial charge < -0.3 is 15.0 Å². The lowest BCUT2D eigenvalue weighted by Gasteiger charge is -2.33. The van der Waals surface area contributed by atoms with Crippen LogP contribution in [-0.2, 0) is 14.8 Å². The second-order valence-corrected chi connectivity index (χ2v) is 10.1. The molecule has 1 aliphatic rings. The summed E-state index contributed by atoms with van der Waals surface area (Å²) in [6.07, 6.45) is 1.41. The third-order valence-electron chi connectivity index (χ3n) is 4.45. The van der Waals surface area contributed by atoms with Gasteiger partial charge in [-0.25, -0.2) is 23.3 Å². The molecule has 0 saturated carbocycles. The number of nitrogens with one attached hydrogen (secondary N) is 1. The normalized spacial score (nSPS) is 19.8. The highest BCUT2D eigenvalue weighted by Crippen LogP contribution is 2.35. The zero-order valence-corrected chi connectivity index (χ0v) is 17.5. The monoisotopic (exact) mass is 398 g/mol. The zero-order valence-electron chi connectivity index (χ0n) is 16.7. The molecule has 0 aliphatic carbocycles. The Morgan fingerprint density at radius 2 is 2.07 bits per heavy atom. The second-order valence-electron chi connectivity index (χ2n) is 8.60. The molecule has 0 radical (unpaired) electrons. The molecule has 0 spiro atoms. The topological polar surface area (TPSA) is 115 Å². The molecule has 1 aliphatic heterocycles. The molecule has 1 unspecified atom stereocenters. The Labute approximate surface area is 161 Å². The first-order chi connectivity index (χ1) is 12.3. The molecule has 1 amide bonds. The van der Waals surface area contributed by atoms with E-state index >= 15 is 0 Å². The number of likely N-dealkylation sites (tertiary alicyclic amines) is 1. The summed E-state index contributed by atoms with van der Waals surface area (Å²) in [7, 11) is -3.82. The van der Waals surface area contributed by atoms with Crippen molar-refractivity contribution in [3.8, 4) is 0 Å². The number of anilines is 1. The van der Waals surface area contributed by atoms with E-state index in [9.17, 15) is 13.2 Å². The quantitative estimate of drug-likeness (QED) is 0.788. The predicted molar refractivity (Wildman–Crippen MR) is 104 cm³/mol. The van der Waals surface area contributed by atoms with E-state index in [2.05, 4.69) is 10.3 Å². The fourth-order valence-electron chi connectivity index (χ4n) is 3.29. The van der Waals surface area contributed by atoms with Gasteiger partial charge in [-0.2, -0.15) is 0 Å². The zero-order chi connectivity index (χ0) is 20.5. The van der Waals surface area contributed by atoms with Gasteiger partial charge in [-0.05, 0) is 65.5 Å². The average molecular weight is 399 g/mol. The van der Waals surface area contributed by atoms with Crippen LogP contribution in [-0.4, -0.2) is 48.6 Å². The second kappa shape index (κ2) is 7.63. The van der Waals surface area contributed by atoms with E-state index in [0.717, 1.165) is 12.8 Å². The Morgan fingerprint density at radius 3 is 2.67 bits per heavy atom. The van der Waals surface area contributed by atoms with Gasteiger partial charge in [-0.1, -0.05) is 6.07 Å². The molecule has 2 rings (SSSR count). The highest BCUT2D eigenvalue weighted by molar-refractivity contribution is 7.89. The lowest BCUT2D eigenvalue weighted by atomic mass is 9.94. The van der Waals surface area contributed by atoms with Crippen LogP contribution < -0.4 is 10.5 Å². The maximum absolute atomic E-state index is 12.5. The largest absolute Gasteiger partial charge is 0.444 e. The lowest BCUT2D eigenvalue weighted by Crippen LogP contribution is -2.45. The first-order valence-corrected chi connectivity index (χ1v) is 10.6. The minimum absolute atomic E-state index is 0.161. The molecule has 27 heavy (non-hydrogen) atoms. The summed E-state index contributed by atoms with van der Waals surface area (Å²) in [5, 5.41) is 8.07. The molecule has 152 valence electrons. The lowest BCUT2D eigenvalue weighted by molar-refractivity contribution is 0.0131. The van der Waals surface area contributed by atoms with Gasteiger partial charge in [0.25, 0.3) is 10.0 Å². The van der Waals surface area contributed by atoms with Gasteiger partial charge in [-0.15, -0.1) is 0 Å². The van der Waals surface area contributed by atoms with Crippen molar-refractivity contribution in [3.63, 3.8) is 0 Å². The van der Waals surface area contributed by atoms with E-state index in [0.29, 0.717) is 24.8 Å². The highest BCUT2D eigenvalue weighted by Gasteiger charge is 2.42. The number of hydrogen-bond donors (Lipinski definition) is 2. The molecule has 1 aromatic rings. The Kier molecular flexibility index (Phi) is 6.06. The van der Waals surface area contributed by atoms with Crippen molar-refractivity contribution in [1.82, 2.24) is 9.88 Å². The Bertz CT molecular complexity index is 787. The SMILES string of the molecule is CC(C)(C)OC(=O)N1CC(CCNc2cccc(S(N)(=O)=O)n2)CC1(C)C. The molecule has 8 nitrogen and oxygen atoms in total. The summed E-state index contributed by atoms with van der Waals surface area (Å²) >= 11 is 0. The molecule has 0 bridgehead atoms. The molecular weight excluding hydrogens is 368 g/mol. The highest BCUT2D eigenvalue weighted by atomic mass is 32.2. The van der Waals surface area contributed by atoms with Crippen molar-refractivity contribution in [2.24, 2.45) is 11.1 Å². The van der Waals surface area contributed by atoms with Gasteiger partial charge in [0.05, 0.1) is 0 Å². The van der Waals surface area contributed by atoms with Crippen molar-refractivity contribution < 1.29 is 17.9 Å². The van der Waals surface area contributed by atoms with Crippen LogP contribution in [0.5, 0.6) is 0 Å². The van der Waals surface area contributed by atoms with E-state index in [4.69, 9.17) is 9.88 Å². The van der Waals surface area contributed by atoms with Crippen LogP contribution in [0.25, 0.3) is 0 Å². The number of hydrogen-bond acceptors (Lipinski definition) is 6. The number of primary sulfonamides is 1. The first-order valence-electron chi connectivity index (χ1n) is 9.02. The molecule has 0 aromatic carbocycles. The summed E-state index contributed by atoms with van der Waals surface area (Å²) in [6.45, 7) is 10.9. The van der Waals surface area contributed by atoms with Crippen molar-refractivity contribution >= 4 is 21.9 Å². The first kappa shape index (κ1) is 21.4. The van der Waals surface area contributed by atoms with Crippen LogP contribution in [0.2, 0.25) is 0 Å². The maximum atomic E-state index is 12.5. The number of aromatic nitrogens is 1. The van der Waals surface area contributed by atoms with Gasteiger partial charge in [0.1, 0.15) is 11.4 Å². The third-order valence-corrected chi connectivity index (χ3v) is 5.26. The number of sulfonamides is 1. The van der Waals surface area contributed by atoms with Crippen molar-refractivity contribution in [2.45, 2.75) is 63.6 Å². The number of carbonyl (C=O) groups is 1. The summed E-state index contributed by atoms with van der Waals surface area (Å²) in [4.78, 5) is 18.3. The molecule has 1 atom stereocenters. The Morgan fingerprint density at radius 1 is 1.41 bits per heavy atom. The van der Waals surface area contributed by atoms with E-state index in [-0.39, 0.29) is 16.7 Å². The van der Waals surface area contributed by atoms with Crippen LogP contribution in [0.1, 0.15) is 47.5 Å². The number of carbonyl (C=O) groups excluding carboxylic acids is 1. The van der Waals surface area contributed by atoms with Crippen molar-refractivity contribution in [2.75, 3.05) is 18.4 Å². The van der Waals surface area contributed by atoms with Crippen LogP contribution in [0.15, 0.2) is 23.2 Å². The number of nitrogens with zero attached hydrogens (tertiary/aromatic N) is 2. The summed E-state index contributed by atoms with van der Waals surface area (Å²) < 4.78 is 28.3. The van der Waals surface area contributed by atoms with Crippen LogP contribution >= 0.6 is 0 Å². The molecule has 9 heteroatoms. The predicted octanol–water partition coefficient (Wildman–Crippen LogP) is 2.57. The van der Waals surface area contributed by atoms with Gasteiger partial charge >= 0.3 is 6.09 Å². The smallest absolute Gasteiger partial charge is 0.410 e. The van der Waals surface area contributed by atoms with E-state index in [1.807, 2.05) is 34.6 Å². The summed E-state index contributed by atoms with van der Waals surface area (Å²) in [5.41, 5.74) is -0.786. The summed E-state index contributed by atoms with van der Waals surface area (Å²) in [6, 6.07) is 4.65. The van der Waals surface area contributed by atoms with E-state index in [1.165, 1.54) is 6.07 Å². The Balaban J connectivity index is 1.91. The molecular formula is C18H30N4O4S. The fraction of sp³-hybridized carbons (Fsp3) is 0.667. The van der Waals surface area contributed by atoms with Gasteiger partial charge in [0, 0.05) is 18.6 Å².